The van der Waals surface area contributed by atoms with E-state index in [-0.39, 0.29) is 47.6 Å². The first kappa shape index (κ1) is 31.9. The van der Waals surface area contributed by atoms with Gasteiger partial charge in [-0.1, -0.05) is 25.1 Å². The standard InChI is InChI=1S/C33H43FN4O6/c1-4-37(20-29(38-17-7-8-18-38)43-24-14-11-22(12-15-24)32(40)41)21(2)27(39)19-23-13-16-26-31(30(23)34)44-33(36-26)35-25-9-5-6-10-28(25)42-3/h5-6,9-10,13,16,21-22,24,29H,4,7-8,11-12,14-15,17-20H2,1-3H3,(H,35,36)(H,40,41)/t21-,22?,24?,29-/m0/s1. The van der Waals surface area contributed by atoms with E-state index >= 15 is 4.39 Å². The van der Waals surface area contributed by atoms with Gasteiger partial charge in [0.25, 0.3) is 6.01 Å². The van der Waals surface area contributed by atoms with E-state index in [4.69, 9.17) is 13.9 Å². The van der Waals surface area contributed by atoms with Crippen LogP contribution >= 0.6 is 0 Å². The van der Waals surface area contributed by atoms with Gasteiger partial charge in [-0.2, -0.15) is 4.98 Å². The van der Waals surface area contributed by atoms with Gasteiger partial charge >= 0.3 is 5.97 Å². The first-order chi connectivity index (χ1) is 21.3. The average Bonchev–Trinajstić information content (AvgIpc) is 3.72. The number of Topliss-reactive ketones (excluding diaryl/α,β-unsaturated/α-hetero) is 1. The molecule has 1 saturated heterocycles. The van der Waals surface area contributed by atoms with Crippen LogP contribution in [0.15, 0.2) is 40.8 Å². The summed E-state index contributed by atoms with van der Waals surface area (Å²) >= 11 is 0. The number of benzene rings is 2. The first-order valence-electron chi connectivity index (χ1n) is 15.6. The van der Waals surface area contributed by atoms with Gasteiger partial charge in [0.15, 0.2) is 17.2 Å². The van der Waals surface area contributed by atoms with E-state index in [9.17, 15) is 14.7 Å². The average molecular weight is 611 g/mol. The Labute approximate surface area is 257 Å². The summed E-state index contributed by atoms with van der Waals surface area (Å²) < 4.78 is 33.3. The molecule has 0 amide bonds. The molecular formula is C33H43FN4O6. The fraction of sp³-hybridized carbons (Fsp3) is 0.545. The zero-order valence-corrected chi connectivity index (χ0v) is 25.8. The van der Waals surface area contributed by atoms with Crippen LogP contribution in [0.25, 0.3) is 11.1 Å². The SMILES string of the molecule is CCN(C[C@H](OC1CCC(C(=O)O)CC1)N1CCCC1)[C@@H](C)C(=O)Cc1ccc2nc(Nc3ccccc3OC)oc2c1F. The molecule has 3 aromatic rings. The molecule has 2 N–H and O–H groups in total. The maximum atomic E-state index is 15.6. The second kappa shape index (κ2) is 14.5. The van der Waals surface area contributed by atoms with Crippen LogP contribution in [0.1, 0.15) is 57.9 Å². The number of carboxylic acids is 1. The molecule has 2 aliphatic rings. The molecule has 2 atom stereocenters. The molecule has 2 heterocycles. The second-order valence-electron chi connectivity index (χ2n) is 11.8. The lowest BCUT2D eigenvalue weighted by Crippen LogP contribution is -2.50. The number of ketones is 1. The first-order valence-corrected chi connectivity index (χ1v) is 15.6. The molecule has 2 fully saturated rings. The van der Waals surface area contributed by atoms with Crippen molar-refractivity contribution in [3.8, 4) is 5.75 Å². The number of fused-ring (bicyclic) bond motifs is 1. The van der Waals surface area contributed by atoms with Crippen LogP contribution in [0.2, 0.25) is 0 Å². The largest absolute Gasteiger partial charge is 0.495 e. The molecule has 0 bridgehead atoms. The minimum Gasteiger partial charge on any atom is -0.495 e. The number of carboxylic acid groups (broad SMARTS) is 1. The third-order valence-electron chi connectivity index (χ3n) is 9.02. The molecule has 238 valence electrons. The van der Waals surface area contributed by atoms with Gasteiger partial charge in [0.05, 0.1) is 30.9 Å². The van der Waals surface area contributed by atoms with Crippen molar-refractivity contribution < 1.29 is 33.0 Å². The molecule has 0 spiro atoms. The predicted octanol–water partition coefficient (Wildman–Crippen LogP) is 5.62. The monoisotopic (exact) mass is 610 g/mol. The van der Waals surface area contributed by atoms with Crippen molar-refractivity contribution in [2.45, 2.75) is 77.2 Å². The molecule has 10 nitrogen and oxygen atoms in total. The van der Waals surface area contributed by atoms with Crippen LogP contribution in [0, 0.1) is 11.7 Å². The number of halogens is 1. The lowest BCUT2D eigenvalue weighted by Gasteiger charge is -2.38. The molecule has 11 heteroatoms. The van der Waals surface area contributed by atoms with Crippen molar-refractivity contribution in [2.75, 3.05) is 38.6 Å². The predicted molar refractivity (Wildman–Crippen MR) is 165 cm³/mol. The Bertz CT molecular complexity index is 1430. The maximum absolute atomic E-state index is 15.6. The number of carbonyl (C=O) groups is 2. The maximum Gasteiger partial charge on any atom is 0.306 e. The van der Waals surface area contributed by atoms with Crippen molar-refractivity contribution in [3.05, 3.63) is 47.8 Å². The smallest absolute Gasteiger partial charge is 0.306 e. The van der Waals surface area contributed by atoms with E-state index in [1.54, 1.807) is 31.4 Å². The second-order valence-corrected chi connectivity index (χ2v) is 11.8. The number of nitrogens with zero attached hydrogens (tertiary/aromatic N) is 3. The summed E-state index contributed by atoms with van der Waals surface area (Å²) in [5.74, 6) is -1.12. The molecule has 1 saturated carbocycles. The van der Waals surface area contributed by atoms with Crippen LogP contribution < -0.4 is 10.1 Å². The Morgan fingerprint density at radius 1 is 1.16 bits per heavy atom. The quantitative estimate of drug-likeness (QED) is 0.238. The van der Waals surface area contributed by atoms with Crippen LogP contribution in [-0.2, 0) is 20.7 Å². The molecular weight excluding hydrogens is 567 g/mol. The van der Waals surface area contributed by atoms with Crippen LogP contribution in [-0.4, -0.2) is 83.3 Å². The molecule has 44 heavy (non-hydrogen) atoms. The highest BCUT2D eigenvalue weighted by molar-refractivity contribution is 5.87. The number of aromatic nitrogens is 1. The number of oxazole rings is 1. The van der Waals surface area contributed by atoms with Gasteiger partial charge in [0, 0.05) is 26.1 Å². The van der Waals surface area contributed by atoms with Gasteiger partial charge < -0.3 is 24.3 Å². The van der Waals surface area contributed by atoms with Crippen LogP contribution in [0.4, 0.5) is 16.1 Å². The molecule has 1 aliphatic heterocycles. The molecule has 2 aromatic carbocycles. The third kappa shape index (κ3) is 7.39. The Kier molecular flexibility index (Phi) is 10.5. The lowest BCUT2D eigenvalue weighted by atomic mass is 9.87. The summed E-state index contributed by atoms with van der Waals surface area (Å²) in [7, 11) is 1.56. The zero-order valence-electron chi connectivity index (χ0n) is 25.8. The number of methoxy groups -OCH3 is 1. The Hall–Kier alpha value is -3.54. The number of nitrogens with one attached hydrogen (secondary N) is 1. The number of aliphatic carboxylic acids is 1. The Balaban J connectivity index is 1.24. The topological polar surface area (TPSA) is 117 Å². The van der Waals surface area contributed by atoms with Crippen molar-refractivity contribution >= 4 is 34.6 Å². The fourth-order valence-corrected chi connectivity index (χ4v) is 6.30. The summed E-state index contributed by atoms with van der Waals surface area (Å²) in [6, 6.07) is 10.2. The molecule has 0 radical (unpaired) electrons. The highest BCUT2D eigenvalue weighted by Gasteiger charge is 2.33. The minimum atomic E-state index is -0.729. The van der Waals surface area contributed by atoms with Gasteiger partial charge in [0.2, 0.25) is 0 Å². The summed E-state index contributed by atoms with van der Waals surface area (Å²) in [5, 5.41) is 12.4. The number of hydrogen-bond acceptors (Lipinski definition) is 9. The normalized spacial score (nSPS) is 20.6. The highest BCUT2D eigenvalue weighted by atomic mass is 19.1. The van der Waals surface area contributed by atoms with Crippen LogP contribution in [0.3, 0.4) is 0 Å². The number of likely N-dealkylation sites (tertiary alicyclic amines) is 1. The number of rotatable bonds is 14. The summed E-state index contributed by atoms with van der Waals surface area (Å²) in [5.41, 5.74) is 1.23. The van der Waals surface area contributed by atoms with Crippen molar-refractivity contribution in [1.82, 2.24) is 14.8 Å². The molecule has 0 unspecified atom stereocenters. The van der Waals surface area contributed by atoms with E-state index in [0.29, 0.717) is 42.9 Å². The number of para-hydroxylation sites is 2. The number of hydrogen-bond donors (Lipinski definition) is 2. The lowest BCUT2D eigenvalue weighted by molar-refractivity contribution is -0.147. The summed E-state index contributed by atoms with van der Waals surface area (Å²) in [6.45, 7) is 6.93. The van der Waals surface area contributed by atoms with Crippen LogP contribution in [0.5, 0.6) is 5.75 Å². The van der Waals surface area contributed by atoms with Gasteiger partial charge in [0.1, 0.15) is 17.5 Å². The summed E-state index contributed by atoms with van der Waals surface area (Å²) in [6.07, 6.45) is 4.64. The van der Waals surface area contributed by atoms with Gasteiger partial charge in [-0.05, 0) is 75.8 Å². The van der Waals surface area contributed by atoms with E-state index < -0.39 is 17.8 Å². The van der Waals surface area contributed by atoms with Gasteiger partial charge in [-0.15, -0.1) is 0 Å². The molecule has 1 aromatic heterocycles. The van der Waals surface area contributed by atoms with Crippen molar-refractivity contribution in [3.63, 3.8) is 0 Å². The number of anilines is 2. The Morgan fingerprint density at radius 3 is 2.57 bits per heavy atom. The molecule has 1 aliphatic carbocycles. The number of carbonyl (C=O) groups excluding carboxylic acids is 1. The van der Waals surface area contributed by atoms with E-state index in [1.807, 2.05) is 26.0 Å². The van der Waals surface area contributed by atoms with E-state index in [1.165, 1.54) is 0 Å². The zero-order chi connectivity index (χ0) is 31.2. The summed E-state index contributed by atoms with van der Waals surface area (Å²) in [4.78, 5) is 33.7. The van der Waals surface area contributed by atoms with E-state index in [2.05, 4.69) is 20.1 Å². The van der Waals surface area contributed by atoms with E-state index in [0.717, 1.165) is 38.8 Å². The van der Waals surface area contributed by atoms with Gasteiger partial charge in [-0.3, -0.25) is 19.4 Å². The highest BCUT2D eigenvalue weighted by Crippen LogP contribution is 2.31. The third-order valence-corrected chi connectivity index (χ3v) is 9.02. The Morgan fingerprint density at radius 2 is 1.89 bits per heavy atom. The minimum absolute atomic E-state index is 0.00556. The number of likely N-dealkylation sites (N-methyl/N-ethyl adjacent to an activating group) is 1. The molecule has 5 rings (SSSR count). The number of ether oxygens (including phenoxy) is 2. The van der Waals surface area contributed by atoms with Crippen molar-refractivity contribution in [1.29, 1.82) is 0 Å². The van der Waals surface area contributed by atoms with Crippen molar-refractivity contribution in [2.24, 2.45) is 5.92 Å². The fourth-order valence-electron chi connectivity index (χ4n) is 6.30. The van der Waals surface area contributed by atoms with Gasteiger partial charge in [-0.25, -0.2) is 4.39 Å².